The molecule has 0 fully saturated rings. The third-order valence-corrected chi connectivity index (χ3v) is 3.96. The fraction of sp³-hybridized carbons (Fsp3) is 0.714. The molecule has 0 saturated carbocycles. The Kier molecular flexibility index (Phi) is 3.63. The van der Waals surface area contributed by atoms with E-state index in [0.717, 1.165) is 12.3 Å². The zero-order valence-corrected chi connectivity index (χ0v) is 9.65. The summed E-state index contributed by atoms with van der Waals surface area (Å²) in [6, 6.07) is 0. The lowest BCUT2D eigenvalue weighted by Crippen LogP contribution is -2.20. The first-order chi connectivity index (χ1) is 7.27. The summed E-state index contributed by atoms with van der Waals surface area (Å²) in [5.41, 5.74) is 1.66. The van der Waals surface area contributed by atoms with E-state index < -0.39 is 0 Å². The molecule has 15 heavy (non-hydrogen) atoms. The first-order valence-corrected chi connectivity index (χ1v) is 6.29. The fourth-order valence-electron chi connectivity index (χ4n) is 2.81. The van der Waals surface area contributed by atoms with E-state index in [-0.39, 0.29) is 6.10 Å². The lowest BCUT2D eigenvalue weighted by Gasteiger charge is -2.29. The molecular weight excluding hydrogens is 184 g/mol. The monoisotopic (exact) mass is 206 g/mol. The van der Waals surface area contributed by atoms with Crippen LogP contribution in [0.1, 0.15) is 45.4 Å². The Morgan fingerprint density at radius 1 is 1.27 bits per heavy atom. The summed E-state index contributed by atoms with van der Waals surface area (Å²) in [4.78, 5) is 0. The lowest BCUT2D eigenvalue weighted by atomic mass is 9.78. The Morgan fingerprint density at radius 3 is 2.67 bits per heavy atom. The minimum atomic E-state index is -0.131. The molecule has 0 aromatic rings. The minimum Gasteiger partial charge on any atom is -0.393 e. The number of hydrogen-bond donors (Lipinski definition) is 1. The van der Waals surface area contributed by atoms with Gasteiger partial charge in [-0.15, -0.1) is 0 Å². The van der Waals surface area contributed by atoms with E-state index in [1.54, 1.807) is 5.57 Å². The van der Waals surface area contributed by atoms with Gasteiger partial charge in [-0.05, 0) is 57.3 Å². The molecule has 0 spiro atoms. The second kappa shape index (κ2) is 4.98. The van der Waals surface area contributed by atoms with Gasteiger partial charge in [0, 0.05) is 0 Å². The second-order valence-corrected chi connectivity index (χ2v) is 5.04. The summed E-state index contributed by atoms with van der Waals surface area (Å²) in [6.07, 6.45) is 14.2. The summed E-state index contributed by atoms with van der Waals surface area (Å²) in [5, 5.41) is 9.53. The Labute approximate surface area is 92.9 Å². The van der Waals surface area contributed by atoms with Crippen LogP contribution in [0.15, 0.2) is 23.8 Å². The Morgan fingerprint density at radius 2 is 2.13 bits per heavy atom. The third-order valence-electron chi connectivity index (χ3n) is 3.96. The van der Waals surface area contributed by atoms with E-state index in [1.807, 2.05) is 6.92 Å². The van der Waals surface area contributed by atoms with E-state index in [9.17, 15) is 5.11 Å². The molecule has 3 atom stereocenters. The normalized spacial score (nSPS) is 33.6. The van der Waals surface area contributed by atoms with Crippen LogP contribution in [0.25, 0.3) is 0 Å². The van der Waals surface area contributed by atoms with Crippen molar-refractivity contribution in [1.82, 2.24) is 0 Å². The highest BCUT2D eigenvalue weighted by molar-refractivity contribution is 5.14. The first-order valence-electron chi connectivity index (χ1n) is 6.29. The molecule has 2 aliphatic carbocycles. The molecule has 0 aliphatic heterocycles. The number of aliphatic hydroxyl groups excluding tert-OH is 1. The van der Waals surface area contributed by atoms with Crippen LogP contribution in [0.2, 0.25) is 0 Å². The highest BCUT2D eigenvalue weighted by Gasteiger charge is 2.22. The molecular formula is C14H22O. The summed E-state index contributed by atoms with van der Waals surface area (Å²) < 4.78 is 0. The van der Waals surface area contributed by atoms with E-state index >= 15 is 0 Å². The van der Waals surface area contributed by atoms with Gasteiger partial charge in [0.25, 0.3) is 0 Å². The van der Waals surface area contributed by atoms with Crippen LogP contribution in [-0.2, 0) is 0 Å². The number of allylic oxidation sites excluding steroid dienone is 4. The summed E-state index contributed by atoms with van der Waals surface area (Å²) in [5.74, 6) is 1.32. The zero-order chi connectivity index (χ0) is 10.7. The zero-order valence-electron chi connectivity index (χ0n) is 9.65. The molecule has 0 aromatic carbocycles. The highest BCUT2D eigenvalue weighted by Crippen LogP contribution is 2.34. The van der Waals surface area contributed by atoms with Crippen molar-refractivity contribution in [1.29, 1.82) is 0 Å². The van der Waals surface area contributed by atoms with Crippen molar-refractivity contribution in [3.63, 3.8) is 0 Å². The van der Waals surface area contributed by atoms with Gasteiger partial charge in [-0.3, -0.25) is 0 Å². The van der Waals surface area contributed by atoms with E-state index in [1.165, 1.54) is 32.1 Å². The van der Waals surface area contributed by atoms with Gasteiger partial charge in [0.2, 0.25) is 0 Å². The molecule has 2 rings (SSSR count). The molecule has 1 heteroatoms. The molecule has 1 unspecified atom stereocenters. The second-order valence-electron chi connectivity index (χ2n) is 5.04. The standard InChI is InChI=1S/C14H22O/c1-11(15)12-7-9-14(10-8-12)13-5-3-2-4-6-13/h2-3,9,11-13,15H,4-8,10H2,1H3/t11-,12?,13-/m1/s1. The number of aliphatic hydroxyl groups is 1. The average molecular weight is 206 g/mol. The Bertz CT molecular complexity index is 263. The fourth-order valence-corrected chi connectivity index (χ4v) is 2.81. The van der Waals surface area contributed by atoms with Crippen LogP contribution in [0.4, 0.5) is 0 Å². The van der Waals surface area contributed by atoms with Crippen molar-refractivity contribution in [3.05, 3.63) is 23.8 Å². The first kappa shape index (κ1) is 10.9. The molecule has 0 amide bonds. The van der Waals surface area contributed by atoms with Gasteiger partial charge >= 0.3 is 0 Å². The minimum absolute atomic E-state index is 0.131. The van der Waals surface area contributed by atoms with Gasteiger partial charge < -0.3 is 5.11 Å². The molecule has 1 N–H and O–H groups in total. The van der Waals surface area contributed by atoms with E-state index in [2.05, 4.69) is 18.2 Å². The maximum atomic E-state index is 9.53. The third kappa shape index (κ3) is 2.72. The lowest BCUT2D eigenvalue weighted by molar-refractivity contribution is 0.118. The maximum Gasteiger partial charge on any atom is 0.0543 e. The topological polar surface area (TPSA) is 20.2 Å². The van der Waals surface area contributed by atoms with Gasteiger partial charge in [0.05, 0.1) is 6.10 Å². The van der Waals surface area contributed by atoms with Crippen molar-refractivity contribution in [2.75, 3.05) is 0 Å². The molecule has 0 radical (unpaired) electrons. The van der Waals surface area contributed by atoms with Crippen molar-refractivity contribution in [3.8, 4) is 0 Å². The van der Waals surface area contributed by atoms with Gasteiger partial charge in [-0.25, -0.2) is 0 Å². The van der Waals surface area contributed by atoms with Crippen LogP contribution in [0.3, 0.4) is 0 Å². The molecule has 1 nitrogen and oxygen atoms in total. The van der Waals surface area contributed by atoms with E-state index in [0.29, 0.717) is 5.92 Å². The SMILES string of the molecule is C[C@@H](O)C1CC=C([C@@H]2CC=CCC2)CC1. The molecule has 0 aromatic heterocycles. The van der Waals surface area contributed by atoms with E-state index in [4.69, 9.17) is 0 Å². The Hall–Kier alpha value is -0.560. The molecule has 0 saturated heterocycles. The maximum absolute atomic E-state index is 9.53. The van der Waals surface area contributed by atoms with Gasteiger partial charge in [-0.1, -0.05) is 23.8 Å². The smallest absolute Gasteiger partial charge is 0.0543 e. The quantitative estimate of drug-likeness (QED) is 0.686. The van der Waals surface area contributed by atoms with Crippen LogP contribution < -0.4 is 0 Å². The predicted molar refractivity (Wildman–Crippen MR) is 63.6 cm³/mol. The molecule has 0 bridgehead atoms. The van der Waals surface area contributed by atoms with Crippen LogP contribution in [-0.4, -0.2) is 11.2 Å². The van der Waals surface area contributed by atoms with Gasteiger partial charge in [0.1, 0.15) is 0 Å². The summed E-state index contributed by atoms with van der Waals surface area (Å²) >= 11 is 0. The molecule has 2 aliphatic rings. The van der Waals surface area contributed by atoms with Crippen molar-refractivity contribution in [2.45, 2.75) is 51.6 Å². The molecule has 84 valence electrons. The van der Waals surface area contributed by atoms with Gasteiger partial charge in [-0.2, -0.15) is 0 Å². The average Bonchev–Trinajstić information content (AvgIpc) is 2.30. The van der Waals surface area contributed by atoms with Gasteiger partial charge in [0.15, 0.2) is 0 Å². The van der Waals surface area contributed by atoms with Crippen molar-refractivity contribution >= 4 is 0 Å². The molecule has 0 heterocycles. The van der Waals surface area contributed by atoms with Crippen molar-refractivity contribution in [2.24, 2.45) is 11.8 Å². The van der Waals surface area contributed by atoms with Crippen LogP contribution in [0.5, 0.6) is 0 Å². The number of hydrogen-bond acceptors (Lipinski definition) is 1. The Balaban J connectivity index is 1.92. The van der Waals surface area contributed by atoms with Crippen LogP contribution in [0, 0.1) is 11.8 Å². The highest BCUT2D eigenvalue weighted by atomic mass is 16.3. The number of rotatable bonds is 2. The summed E-state index contributed by atoms with van der Waals surface area (Å²) in [7, 11) is 0. The predicted octanol–water partition coefficient (Wildman–Crippen LogP) is 3.45. The largest absolute Gasteiger partial charge is 0.393 e. The van der Waals surface area contributed by atoms with Crippen LogP contribution >= 0.6 is 0 Å². The summed E-state index contributed by atoms with van der Waals surface area (Å²) in [6.45, 7) is 1.92. The van der Waals surface area contributed by atoms with Crippen molar-refractivity contribution < 1.29 is 5.11 Å².